The van der Waals surface area contributed by atoms with Gasteiger partial charge in [-0.1, -0.05) is 19.1 Å². The molecule has 2 aromatic heterocycles. The number of anilines is 1. The summed E-state index contributed by atoms with van der Waals surface area (Å²) < 4.78 is 42.7. The number of aryl methyl sites for hydroxylation is 2. The summed E-state index contributed by atoms with van der Waals surface area (Å²) in [5.74, 6) is 0.128. The number of sulfonamides is 1. The van der Waals surface area contributed by atoms with Gasteiger partial charge in [0.05, 0.1) is 6.33 Å². The summed E-state index contributed by atoms with van der Waals surface area (Å²) in [6.07, 6.45) is 5.21. The first kappa shape index (κ1) is 20.4. The molecule has 0 bridgehead atoms. The maximum Gasteiger partial charge on any atom is 0.262 e. The van der Waals surface area contributed by atoms with Crippen LogP contribution in [0.5, 0.6) is 0 Å². The molecule has 3 heterocycles. The van der Waals surface area contributed by atoms with Crippen molar-refractivity contribution in [1.29, 1.82) is 0 Å². The van der Waals surface area contributed by atoms with Gasteiger partial charge in [0.2, 0.25) is 0 Å². The maximum absolute atomic E-state index is 13.4. The Morgan fingerprint density at radius 1 is 1.17 bits per heavy atom. The van der Waals surface area contributed by atoms with Gasteiger partial charge in [0.15, 0.2) is 5.03 Å². The Bertz CT molecular complexity index is 1130. The van der Waals surface area contributed by atoms with Crippen LogP contribution in [0.2, 0.25) is 0 Å². The van der Waals surface area contributed by atoms with Crippen molar-refractivity contribution in [2.45, 2.75) is 30.3 Å². The SMILES string of the molecule is CCc1cc(N[C@H]2CN(S(=O)(=O)c3cn(C)cn3)C[C@@H]2c2ccc(F)cc2)ncn1. The van der Waals surface area contributed by atoms with Gasteiger partial charge in [-0.25, -0.2) is 27.8 Å². The normalized spacial score (nSPS) is 19.8. The number of aromatic nitrogens is 4. The van der Waals surface area contributed by atoms with E-state index in [1.54, 1.807) is 23.7 Å². The Morgan fingerprint density at radius 2 is 1.93 bits per heavy atom. The summed E-state index contributed by atoms with van der Waals surface area (Å²) in [5, 5.41) is 3.37. The average Bonchev–Trinajstić information content (AvgIpc) is 3.36. The molecule has 1 aliphatic heterocycles. The first-order valence-electron chi connectivity index (χ1n) is 9.68. The molecule has 0 unspecified atom stereocenters. The zero-order chi connectivity index (χ0) is 21.3. The molecule has 2 atom stereocenters. The largest absolute Gasteiger partial charge is 0.365 e. The minimum atomic E-state index is -3.75. The van der Waals surface area contributed by atoms with E-state index < -0.39 is 10.0 Å². The fraction of sp³-hybridized carbons (Fsp3) is 0.350. The Kier molecular flexibility index (Phi) is 5.52. The highest BCUT2D eigenvalue weighted by Gasteiger charge is 2.41. The topological polar surface area (TPSA) is 93.0 Å². The number of hydrogen-bond acceptors (Lipinski definition) is 6. The number of benzene rings is 1. The lowest BCUT2D eigenvalue weighted by atomic mass is 9.94. The van der Waals surface area contributed by atoms with Crippen molar-refractivity contribution in [2.24, 2.45) is 7.05 Å². The van der Waals surface area contributed by atoms with Crippen LogP contribution in [0.3, 0.4) is 0 Å². The zero-order valence-electron chi connectivity index (χ0n) is 16.7. The van der Waals surface area contributed by atoms with Gasteiger partial charge in [-0.05, 0) is 24.1 Å². The van der Waals surface area contributed by atoms with Crippen LogP contribution in [0.15, 0.2) is 54.2 Å². The number of nitrogens with one attached hydrogen (secondary N) is 1. The molecule has 158 valence electrons. The molecule has 0 aliphatic carbocycles. The van der Waals surface area contributed by atoms with Gasteiger partial charge >= 0.3 is 0 Å². The molecule has 3 aromatic rings. The fourth-order valence-corrected chi connectivity index (χ4v) is 5.13. The molecule has 10 heteroatoms. The highest BCUT2D eigenvalue weighted by molar-refractivity contribution is 7.89. The Morgan fingerprint density at radius 3 is 2.60 bits per heavy atom. The van der Waals surface area contributed by atoms with Crippen molar-refractivity contribution in [3.8, 4) is 0 Å². The second-order valence-corrected chi connectivity index (χ2v) is 9.24. The molecule has 1 fully saturated rings. The van der Waals surface area contributed by atoms with Crippen LogP contribution in [0, 0.1) is 5.82 Å². The summed E-state index contributed by atoms with van der Waals surface area (Å²) in [4.78, 5) is 12.5. The van der Waals surface area contributed by atoms with Gasteiger partial charge in [-0.15, -0.1) is 0 Å². The quantitative estimate of drug-likeness (QED) is 0.644. The molecule has 1 aromatic carbocycles. The summed E-state index contributed by atoms with van der Waals surface area (Å²) in [6, 6.07) is 7.79. The molecule has 0 amide bonds. The molecular weight excluding hydrogens is 407 g/mol. The Labute approximate surface area is 174 Å². The molecule has 4 rings (SSSR count). The standard InChI is InChI=1S/C20H23FN6O2S/c1-3-16-8-19(23-12-22-16)25-18-10-27(30(28,29)20-11-26(2)13-24-20)9-17(18)14-4-6-15(21)7-5-14/h4-8,11-13,17-18H,3,9-10H2,1-2H3,(H,22,23,25)/t17-,18+/m1/s1. The van der Waals surface area contributed by atoms with Crippen LogP contribution in [-0.4, -0.2) is 51.4 Å². The molecule has 0 spiro atoms. The number of halogens is 1. The lowest BCUT2D eigenvalue weighted by Gasteiger charge is -2.21. The number of hydrogen-bond donors (Lipinski definition) is 1. The Balaban J connectivity index is 1.65. The first-order valence-corrected chi connectivity index (χ1v) is 11.1. The lowest BCUT2D eigenvalue weighted by Crippen LogP contribution is -2.32. The second kappa shape index (κ2) is 8.11. The highest BCUT2D eigenvalue weighted by atomic mass is 32.2. The average molecular weight is 431 g/mol. The lowest BCUT2D eigenvalue weighted by molar-refractivity contribution is 0.468. The van der Waals surface area contributed by atoms with Crippen molar-refractivity contribution in [2.75, 3.05) is 18.4 Å². The van der Waals surface area contributed by atoms with Crippen molar-refractivity contribution >= 4 is 15.8 Å². The Hall–Kier alpha value is -2.85. The van der Waals surface area contributed by atoms with E-state index in [9.17, 15) is 12.8 Å². The van der Waals surface area contributed by atoms with E-state index in [0.29, 0.717) is 5.82 Å². The van der Waals surface area contributed by atoms with E-state index in [0.717, 1.165) is 17.7 Å². The molecule has 1 aliphatic rings. The summed E-state index contributed by atoms with van der Waals surface area (Å²) >= 11 is 0. The minimum absolute atomic E-state index is 0.0128. The molecule has 30 heavy (non-hydrogen) atoms. The molecule has 1 saturated heterocycles. The van der Waals surface area contributed by atoms with Crippen LogP contribution < -0.4 is 5.32 Å². The van der Waals surface area contributed by atoms with Gasteiger partial charge in [-0.2, -0.15) is 4.31 Å². The highest BCUT2D eigenvalue weighted by Crippen LogP contribution is 2.33. The molecule has 8 nitrogen and oxygen atoms in total. The second-order valence-electron chi connectivity index (χ2n) is 7.36. The fourth-order valence-electron chi connectivity index (χ4n) is 3.67. The van der Waals surface area contributed by atoms with Crippen LogP contribution >= 0.6 is 0 Å². The smallest absolute Gasteiger partial charge is 0.262 e. The molecule has 0 radical (unpaired) electrons. The van der Waals surface area contributed by atoms with E-state index in [1.807, 2.05) is 13.0 Å². The van der Waals surface area contributed by atoms with E-state index >= 15 is 0 Å². The van der Waals surface area contributed by atoms with E-state index in [1.165, 1.54) is 35.3 Å². The predicted molar refractivity (Wildman–Crippen MR) is 110 cm³/mol. The summed E-state index contributed by atoms with van der Waals surface area (Å²) in [5.41, 5.74) is 1.75. The van der Waals surface area contributed by atoms with Gasteiger partial charge in [0.1, 0.15) is 18.0 Å². The third-order valence-electron chi connectivity index (χ3n) is 5.29. The monoisotopic (exact) mass is 430 g/mol. The zero-order valence-corrected chi connectivity index (χ0v) is 17.6. The van der Waals surface area contributed by atoms with E-state index in [-0.39, 0.29) is 35.9 Å². The third kappa shape index (κ3) is 4.05. The van der Waals surface area contributed by atoms with Crippen molar-refractivity contribution in [1.82, 2.24) is 23.8 Å². The molecular formula is C20H23FN6O2S. The predicted octanol–water partition coefficient (Wildman–Crippen LogP) is 2.18. The molecule has 0 saturated carbocycles. The number of imidazole rings is 1. The van der Waals surface area contributed by atoms with Crippen LogP contribution in [-0.2, 0) is 23.5 Å². The van der Waals surface area contributed by atoms with Gasteiger partial charge < -0.3 is 9.88 Å². The van der Waals surface area contributed by atoms with Gasteiger partial charge in [0.25, 0.3) is 10.0 Å². The summed E-state index contributed by atoms with van der Waals surface area (Å²) in [7, 11) is -2.03. The van der Waals surface area contributed by atoms with Crippen LogP contribution in [0.25, 0.3) is 0 Å². The maximum atomic E-state index is 13.4. The van der Waals surface area contributed by atoms with E-state index in [2.05, 4.69) is 20.3 Å². The van der Waals surface area contributed by atoms with Gasteiger partial charge in [-0.3, -0.25) is 0 Å². The van der Waals surface area contributed by atoms with Crippen molar-refractivity contribution in [3.05, 3.63) is 66.3 Å². The van der Waals surface area contributed by atoms with Crippen molar-refractivity contribution in [3.63, 3.8) is 0 Å². The van der Waals surface area contributed by atoms with Crippen molar-refractivity contribution < 1.29 is 12.8 Å². The van der Waals surface area contributed by atoms with E-state index in [4.69, 9.17) is 0 Å². The third-order valence-corrected chi connectivity index (χ3v) is 7.01. The number of rotatable bonds is 6. The number of nitrogens with zero attached hydrogens (tertiary/aromatic N) is 5. The summed E-state index contributed by atoms with van der Waals surface area (Å²) in [6.45, 7) is 2.50. The van der Waals surface area contributed by atoms with Gasteiger partial charge in [0, 0.05) is 50.1 Å². The molecule has 1 N–H and O–H groups in total. The minimum Gasteiger partial charge on any atom is -0.365 e. The van der Waals surface area contributed by atoms with Crippen LogP contribution in [0.1, 0.15) is 24.1 Å². The van der Waals surface area contributed by atoms with Crippen LogP contribution in [0.4, 0.5) is 10.2 Å². The first-order chi connectivity index (χ1) is 14.4.